The first-order chi connectivity index (χ1) is 14.4. The van der Waals surface area contributed by atoms with Crippen LogP contribution in [0.2, 0.25) is 0 Å². The number of aromatic nitrogens is 3. The highest BCUT2D eigenvalue weighted by Gasteiger charge is 2.26. The number of benzene rings is 1. The van der Waals surface area contributed by atoms with Crippen molar-refractivity contribution in [2.75, 3.05) is 11.1 Å². The highest BCUT2D eigenvalue weighted by Crippen LogP contribution is 2.44. The van der Waals surface area contributed by atoms with Gasteiger partial charge in [0.15, 0.2) is 0 Å². The van der Waals surface area contributed by atoms with E-state index in [9.17, 15) is 4.79 Å². The lowest BCUT2D eigenvalue weighted by atomic mass is 9.83. The highest BCUT2D eigenvalue weighted by atomic mass is 16.1. The van der Waals surface area contributed by atoms with Crippen molar-refractivity contribution in [2.24, 2.45) is 13.0 Å². The number of nitrogens with zero attached hydrogens (tertiary/aromatic N) is 3. The fourth-order valence-electron chi connectivity index (χ4n) is 4.23. The number of amides is 1. The molecule has 3 N–H and O–H groups in total. The van der Waals surface area contributed by atoms with E-state index in [4.69, 9.17) is 5.73 Å². The Bertz CT molecular complexity index is 1170. The maximum Gasteiger partial charge on any atom is 0.250 e. The quantitative estimate of drug-likeness (QED) is 0.607. The lowest BCUT2D eigenvalue weighted by Gasteiger charge is -2.22. The molecular formula is C24H27N5O. The molecule has 1 amide bonds. The molecule has 3 aromatic rings. The number of nitrogens with one attached hydrogen (secondary N) is 1. The monoisotopic (exact) mass is 401 g/mol. The molecule has 0 saturated carbocycles. The Morgan fingerprint density at radius 3 is 2.67 bits per heavy atom. The van der Waals surface area contributed by atoms with Crippen molar-refractivity contribution in [1.82, 2.24) is 14.5 Å². The molecule has 1 aliphatic carbocycles. The average molecular weight is 402 g/mol. The van der Waals surface area contributed by atoms with Crippen LogP contribution in [0.25, 0.3) is 27.9 Å². The van der Waals surface area contributed by atoms with Gasteiger partial charge < -0.3 is 15.6 Å². The number of allylic oxidation sites excluding steroid dienone is 2. The molecule has 2 heterocycles. The molecule has 154 valence electrons. The van der Waals surface area contributed by atoms with E-state index < -0.39 is 0 Å². The SMILES string of the molecule is C=C(C)C(=O)Nc1ccc(-c2c(C3=CCCCC3C)c3c(N)ncnc3n2C)cc1. The summed E-state index contributed by atoms with van der Waals surface area (Å²) in [5, 5.41) is 3.77. The number of hydrogen-bond acceptors (Lipinski definition) is 4. The van der Waals surface area contributed by atoms with Crippen LogP contribution in [0, 0.1) is 5.92 Å². The summed E-state index contributed by atoms with van der Waals surface area (Å²) >= 11 is 0. The fourth-order valence-corrected chi connectivity index (χ4v) is 4.23. The van der Waals surface area contributed by atoms with Crippen molar-refractivity contribution in [3.05, 3.63) is 54.4 Å². The molecule has 4 rings (SSSR count). The Morgan fingerprint density at radius 1 is 1.27 bits per heavy atom. The normalized spacial score (nSPS) is 16.4. The van der Waals surface area contributed by atoms with Crippen LogP contribution in [0.15, 0.2) is 48.8 Å². The topological polar surface area (TPSA) is 85.8 Å². The molecule has 0 spiro atoms. The molecule has 1 atom stereocenters. The lowest BCUT2D eigenvalue weighted by Crippen LogP contribution is -2.11. The molecule has 2 aromatic heterocycles. The van der Waals surface area contributed by atoms with E-state index >= 15 is 0 Å². The summed E-state index contributed by atoms with van der Waals surface area (Å²) in [6.07, 6.45) is 7.27. The first-order valence-electron chi connectivity index (χ1n) is 10.2. The van der Waals surface area contributed by atoms with Gasteiger partial charge in [-0.1, -0.05) is 31.7 Å². The van der Waals surface area contributed by atoms with E-state index in [1.807, 2.05) is 31.3 Å². The van der Waals surface area contributed by atoms with Gasteiger partial charge in [0, 0.05) is 23.9 Å². The van der Waals surface area contributed by atoms with E-state index in [0.29, 0.717) is 17.3 Å². The predicted molar refractivity (Wildman–Crippen MR) is 123 cm³/mol. The Hall–Kier alpha value is -3.41. The van der Waals surface area contributed by atoms with Crippen molar-refractivity contribution in [3.63, 3.8) is 0 Å². The third-order valence-corrected chi connectivity index (χ3v) is 5.83. The van der Waals surface area contributed by atoms with Crippen molar-refractivity contribution in [3.8, 4) is 11.3 Å². The molecule has 30 heavy (non-hydrogen) atoms. The molecule has 1 aliphatic rings. The molecule has 6 heteroatoms. The van der Waals surface area contributed by atoms with Gasteiger partial charge in [0.05, 0.1) is 11.1 Å². The molecule has 6 nitrogen and oxygen atoms in total. The zero-order chi connectivity index (χ0) is 21.4. The van der Waals surface area contributed by atoms with Crippen molar-refractivity contribution < 1.29 is 4.79 Å². The largest absolute Gasteiger partial charge is 0.383 e. The van der Waals surface area contributed by atoms with Crippen LogP contribution in [0.3, 0.4) is 0 Å². The number of aryl methyl sites for hydroxylation is 1. The number of hydrogen-bond donors (Lipinski definition) is 2. The number of anilines is 2. The van der Waals surface area contributed by atoms with Crippen LogP contribution in [0.4, 0.5) is 11.5 Å². The number of carbonyl (C=O) groups excluding carboxylic acids is 1. The standard InChI is InChI=1S/C24H27N5O/c1-14(2)24(30)28-17-11-9-16(10-12-17)21-19(18-8-6-5-7-15(18)3)20-22(25)26-13-27-23(20)29(21)4/h8-13,15H,1,5-7H2,2-4H3,(H,28,30)(H2,25,26,27). The summed E-state index contributed by atoms with van der Waals surface area (Å²) in [4.78, 5) is 20.7. The van der Waals surface area contributed by atoms with Gasteiger partial charge in [0.1, 0.15) is 17.8 Å². The van der Waals surface area contributed by atoms with Crippen LogP contribution in [-0.2, 0) is 11.8 Å². The zero-order valence-electron chi connectivity index (χ0n) is 17.7. The number of carbonyl (C=O) groups is 1. The average Bonchev–Trinajstić information content (AvgIpc) is 3.02. The van der Waals surface area contributed by atoms with Crippen molar-refractivity contribution >= 4 is 34.0 Å². The molecule has 0 fully saturated rings. The Kier molecular flexibility index (Phi) is 5.16. The van der Waals surface area contributed by atoms with Crippen LogP contribution >= 0.6 is 0 Å². The maximum atomic E-state index is 11.9. The molecule has 0 saturated heterocycles. The van der Waals surface area contributed by atoms with Crippen LogP contribution in [0.5, 0.6) is 0 Å². The van der Waals surface area contributed by atoms with Gasteiger partial charge in [-0.3, -0.25) is 4.79 Å². The van der Waals surface area contributed by atoms with E-state index in [-0.39, 0.29) is 5.91 Å². The van der Waals surface area contributed by atoms with Gasteiger partial charge in [0.2, 0.25) is 0 Å². The van der Waals surface area contributed by atoms with E-state index in [0.717, 1.165) is 46.4 Å². The smallest absolute Gasteiger partial charge is 0.250 e. The zero-order valence-corrected chi connectivity index (χ0v) is 17.7. The number of nitrogen functional groups attached to an aromatic ring is 1. The third-order valence-electron chi connectivity index (χ3n) is 5.83. The number of rotatable bonds is 4. The minimum atomic E-state index is -0.183. The molecule has 0 aliphatic heterocycles. The number of fused-ring (bicyclic) bond motifs is 1. The maximum absolute atomic E-state index is 11.9. The second-order valence-electron chi connectivity index (χ2n) is 8.04. The molecule has 1 unspecified atom stereocenters. The Balaban J connectivity index is 1.89. The molecule has 1 aromatic carbocycles. The van der Waals surface area contributed by atoms with Gasteiger partial charge in [0.25, 0.3) is 5.91 Å². The molecule has 0 bridgehead atoms. The Morgan fingerprint density at radius 2 is 2.00 bits per heavy atom. The van der Waals surface area contributed by atoms with Crippen LogP contribution < -0.4 is 11.1 Å². The van der Waals surface area contributed by atoms with E-state index in [1.165, 1.54) is 18.3 Å². The summed E-state index contributed by atoms with van der Waals surface area (Å²) in [6, 6.07) is 7.85. The van der Waals surface area contributed by atoms with Gasteiger partial charge in [-0.05, 0) is 55.4 Å². The summed E-state index contributed by atoms with van der Waals surface area (Å²) in [5.41, 5.74) is 12.9. The van der Waals surface area contributed by atoms with Crippen molar-refractivity contribution in [1.29, 1.82) is 0 Å². The number of nitrogens with two attached hydrogens (primary N) is 1. The Labute approximate surface area is 176 Å². The second kappa shape index (κ2) is 7.78. The third kappa shape index (κ3) is 3.38. The van der Waals surface area contributed by atoms with Gasteiger partial charge in [-0.15, -0.1) is 0 Å². The van der Waals surface area contributed by atoms with Crippen LogP contribution in [-0.4, -0.2) is 20.4 Å². The van der Waals surface area contributed by atoms with Gasteiger partial charge in [-0.2, -0.15) is 0 Å². The highest BCUT2D eigenvalue weighted by molar-refractivity contribution is 6.05. The predicted octanol–water partition coefficient (Wildman–Crippen LogP) is 4.94. The summed E-state index contributed by atoms with van der Waals surface area (Å²) in [5.74, 6) is 0.759. The lowest BCUT2D eigenvalue weighted by molar-refractivity contribution is -0.112. The van der Waals surface area contributed by atoms with Gasteiger partial charge in [-0.25, -0.2) is 9.97 Å². The molecular weight excluding hydrogens is 374 g/mol. The van der Waals surface area contributed by atoms with Gasteiger partial charge >= 0.3 is 0 Å². The molecule has 0 radical (unpaired) electrons. The second-order valence-corrected chi connectivity index (χ2v) is 8.04. The minimum Gasteiger partial charge on any atom is -0.383 e. The summed E-state index contributed by atoms with van der Waals surface area (Å²) < 4.78 is 2.09. The fraction of sp³-hybridized carbons (Fsp3) is 0.292. The first kappa shape index (κ1) is 19.9. The summed E-state index contributed by atoms with van der Waals surface area (Å²) in [7, 11) is 2.01. The van der Waals surface area contributed by atoms with E-state index in [2.05, 4.69) is 39.4 Å². The van der Waals surface area contributed by atoms with Crippen molar-refractivity contribution in [2.45, 2.75) is 33.1 Å². The summed E-state index contributed by atoms with van der Waals surface area (Å²) in [6.45, 7) is 7.64. The minimum absolute atomic E-state index is 0.183. The van der Waals surface area contributed by atoms with E-state index in [1.54, 1.807) is 6.92 Å². The first-order valence-corrected chi connectivity index (χ1v) is 10.2. The van der Waals surface area contributed by atoms with Crippen LogP contribution in [0.1, 0.15) is 38.7 Å².